The van der Waals surface area contributed by atoms with Gasteiger partial charge >= 0.3 is 6.09 Å². The summed E-state index contributed by atoms with van der Waals surface area (Å²) in [6.45, 7) is 9.89. The second-order valence-electron chi connectivity index (χ2n) is 9.52. The summed E-state index contributed by atoms with van der Waals surface area (Å²) in [5.41, 5.74) is -0.487. The highest BCUT2D eigenvalue weighted by atomic mass is 16.6. The normalized spacial score (nSPS) is 22.7. The SMILES string of the molecule is CC1CC1c1ccc(/C=C/C(=O)N2CCC(CN(C)C(=O)OC(C)(C)C)CC2)o1. The predicted octanol–water partition coefficient (Wildman–Crippen LogP) is 4.52. The van der Waals surface area contributed by atoms with Crippen molar-refractivity contribution >= 4 is 18.1 Å². The van der Waals surface area contributed by atoms with Gasteiger partial charge in [0.15, 0.2) is 0 Å². The highest BCUT2D eigenvalue weighted by Crippen LogP contribution is 2.47. The van der Waals surface area contributed by atoms with E-state index in [4.69, 9.17) is 9.15 Å². The molecular weight excluding hydrogens is 368 g/mol. The van der Waals surface area contributed by atoms with Crippen molar-refractivity contribution in [2.24, 2.45) is 11.8 Å². The number of hydrogen-bond donors (Lipinski definition) is 0. The standard InChI is InChI=1S/C23H34N2O4/c1-16-14-19(16)20-8-6-18(28-20)7-9-21(26)25-12-10-17(11-13-25)15-24(5)22(27)29-23(2,3)4/h6-9,16-17,19H,10-15H2,1-5H3/b9-7+. The summed E-state index contributed by atoms with van der Waals surface area (Å²) in [4.78, 5) is 28.1. The van der Waals surface area contributed by atoms with E-state index in [1.165, 1.54) is 6.42 Å². The van der Waals surface area contributed by atoms with E-state index in [1.807, 2.05) is 37.8 Å². The molecule has 2 fully saturated rings. The van der Waals surface area contributed by atoms with Crippen molar-refractivity contribution in [2.75, 3.05) is 26.7 Å². The lowest BCUT2D eigenvalue weighted by Gasteiger charge is -2.34. The number of piperidine rings is 1. The Hall–Kier alpha value is -2.24. The van der Waals surface area contributed by atoms with E-state index in [0.29, 0.717) is 37.4 Å². The van der Waals surface area contributed by atoms with Crippen LogP contribution in [0.15, 0.2) is 22.6 Å². The van der Waals surface area contributed by atoms with E-state index in [-0.39, 0.29) is 12.0 Å². The van der Waals surface area contributed by atoms with Gasteiger partial charge in [0.25, 0.3) is 0 Å². The van der Waals surface area contributed by atoms with Crippen LogP contribution in [-0.2, 0) is 9.53 Å². The fourth-order valence-electron chi connectivity index (χ4n) is 3.77. The first-order valence-corrected chi connectivity index (χ1v) is 10.6. The fourth-order valence-corrected chi connectivity index (χ4v) is 3.77. The van der Waals surface area contributed by atoms with Crippen molar-refractivity contribution in [3.05, 3.63) is 29.7 Å². The summed E-state index contributed by atoms with van der Waals surface area (Å²) in [6, 6.07) is 3.95. The summed E-state index contributed by atoms with van der Waals surface area (Å²) in [7, 11) is 1.77. The maximum Gasteiger partial charge on any atom is 0.410 e. The maximum atomic E-state index is 12.5. The molecule has 1 aromatic rings. The number of nitrogens with zero attached hydrogens (tertiary/aromatic N) is 2. The minimum Gasteiger partial charge on any atom is -0.461 e. The Kier molecular flexibility index (Phi) is 6.39. The Morgan fingerprint density at radius 1 is 1.28 bits per heavy atom. The zero-order valence-electron chi connectivity index (χ0n) is 18.3. The molecule has 1 saturated carbocycles. The lowest BCUT2D eigenvalue weighted by Crippen LogP contribution is -2.42. The minimum absolute atomic E-state index is 0.0155. The average molecular weight is 403 g/mol. The van der Waals surface area contributed by atoms with E-state index in [2.05, 4.69) is 6.92 Å². The molecule has 0 aromatic carbocycles. The van der Waals surface area contributed by atoms with E-state index >= 15 is 0 Å². The third-order valence-electron chi connectivity index (χ3n) is 5.68. The van der Waals surface area contributed by atoms with Crippen LogP contribution >= 0.6 is 0 Å². The number of amides is 2. The Bertz CT molecular complexity index is 753. The molecule has 160 valence electrons. The van der Waals surface area contributed by atoms with Gasteiger partial charge in [-0.2, -0.15) is 0 Å². The molecule has 2 aliphatic rings. The lowest BCUT2D eigenvalue weighted by atomic mass is 9.96. The number of hydrogen-bond acceptors (Lipinski definition) is 4. The summed E-state index contributed by atoms with van der Waals surface area (Å²) < 4.78 is 11.2. The van der Waals surface area contributed by atoms with Crippen LogP contribution in [0.4, 0.5) is 4.79 Å². The molecule has 1 saturated heterocycles. The monoisotopic (exact) mass is 402 g/mol. The molecule has 1 aliphatic heterocycles. The second kappa shape index (κ2) is 8.64. The van der Waals surface area contributed by atoms with Gasteiger partial charge in [0.05, 0.1) is 0 Å². The first-order chi connectivity index (χ1) is 13.6. The van der Waals surface area contributed by atoms with E-state index in [9.17, 15) is 9.59 Å². The quantitative estimate of drug-likeness (QED) is 0.679. The van der Waals surface area contributed by atoms with Crippen LogP contribution in [0.3, 0.4) is 0 Å². The third-order valence-corrected chi connectivity index (χ3v) is 5.68. The topological polar surface area (TPSA) is 63.0 Å². The molecule has 2 unspecified atom stereocenters. The second-order valence-corrected chi connectivity index (χ2v) is 9.52. The van der Waals surface area contributed by atoms with Crippen LogP contribution in [0.25, 0.3) is 6.08 Å². The molecule has 6 heteroatoms. The molecule has 29 heavy (non-hydrogen) atoms. The first kappa shape index (κ1) is 21.5. The molecule has 2 atom stereocenters. The molecule has 0 spiro atoms. The Balaban J connectivity index is 1.42. The van der Waals surface area contributed by atoms with Gasteiger partial charge in [-0.3, -0.25) is 4.79 Å². The van der Waals surface area contributed by atoms with E-state index in [0.717, 1.165) is 24.4 Å². The fraction of sp³-hybridized carbons (Fsp3) is 0.652. The van der Waals surface area contributed by atoms with Gasteiger partial charge < -0.3 is 19.0 Å². The van der Waals surface area contributed by atoms with Gasteiger partial charge in [-0.25, -0.2) is 4.79 Å². The molecule has 0 N–H and O–H groups in total. The van der Waals surface area contributed by atoms with Crippen molar-refractivity contribution in [2.45, 2.75) is 58.5 Å². The zero-order valence-corrected chi connectivity index (χ0v) is 18.3. The van der Waals surface area contributed by atoms with Crippen LogP contribution in [-0.4, -0.2) is 54.1 Å². The molecular formula is C23H34N2O4. The smallest absolute Gasteiger partial charge is 0.410 e. The van der Waals surface area contributed by atoms with Crippen LogP contribution < -0.4 is 0 Å². The summed E-state index contributed by atoms with van der Waals surface area (Å²) in [5.74, 6) is 3.41. The molecule has 3 rings (SSSR count). The first-order valence-electron chi connectivity index (χ1n) is 10.6. The highest BCUT2D eigenvalue weighted by molar-refractivity contribution is 5.91. The molecule has 6 nitrogen and oxygen atoms in total. The molecule has 2 amide bonds. The molecule has 1 aliphatic carbocycles. The Morgan fingerprint density at radius 3 is 2.52 bits per heavy atom. The number of rotatable bonds is 5. The van der Waals surface area contributed by atoms with Crippen molar-refractivity contribution in [3.8, 4) is 0 Å². The van der Waals surface area contributed by atoms with Gasteiger partial charge in [0.2, 0.25) is 5.91 Å². The summed E-state index contributed by atoms with van der Waals surface area (Å²) in [6.07, 6.45) is 6.03. The number of carbonyl (C=O) groups excluding carboxylic acids is 2. The number of furan rings is 1. The van der Waals surface area contributed by atoms with Gasteiger partial charge in [-0.15, -0.1) is 0 Å². The predicted molar refractivity (Wildman–Crippen MR) is 112 cm³/mol. The van der Waals surface area contributed by atoms with Crippen LogP contribution in [0, 0.1) is 11.8 Å². The van der Waals surface area contributed by atoms with Crippen LogP contribution in [0.2, 0.25) is 0 Å². The number of carbonyl (C=O) groups is 2. The number of ether oxygens (including phenoxy) is 1. The van der Waals surface area contributed by atoms with Crippen LogP contribution in [0.5, 0.6) is 0 Å². The van der Waals surface area contributed by atoms with E-state index < -0.39 is 5.60 Å². The summed E-state index contributed by atoms with van der Waals surface area (Å²) in [5, 5.41) is 0. The van der Waals surface area contributed by atoms with E-state index in [1.54, 1.807) is 24.1 Å². The minimum atomic E-state index is -0.487. The Labute approximate surface area is 173 Å². The third kappa shape index (κ3) is 6.12. The van der Waals surface area contributed by atoms with Gasteiger partial charge in [0, 0.05) is 38.7 Å². The van der Waals surface area contributed by atoms with Gasteiger partial charge in [0.1, 0.15) is 17.1 Å². The maximum absolute atomic E-state index is 12.5. The highest BCUT2D eigenvalue weighted by Gasteiger charge is 2.36. The molecule has 0 radical (unpaired) electrons. The van der Waals surface area contributed by atoms with Gasteiger partial charge in [-0.1, -0.05) is 6.92 Å². The largest absolute Gasteiger partial charge is 0.461 e. The molecule has 2 heterocycles. The van der Waals surface area contributed by atoms with Crippen molar-refractivity contribution in [1.29, 1.82) is 0 Å². The average Bonchev–Trinajstić information content (AvgIpc) is 3.19. The molecule has 1 aromatic heterocycles. The Morgan fingerprint density at radius 2 is 1.93 bits per heavy atom. The number of likely N-dealkylation sites (tertiary alicyclic amines) is 1. The zero-order chi connectivity index (χ0) is 21.2. The molecule has 0 bridgehead atoms. The van der Waals surface area contributed by atoms with Crippen LogP contribution in [0.1, 0.15) is 64.4 Å². The van der Waals surface area contributed by atoms with Gasteiger partial charge in [-0.05, 0) is 70.1 Å². The van der Waals surface area contributed by atoms with Crippen molar-refractivity contribution in [3.63, 3.8) is 0 Å². The lowest BCUT2D eigenvalue weighted by molar-refractivity contribution is -0.127. The van der Waals surface area contributed by atoms with Crippen molar-refractivity contribution < 1.29 is 18.7 Å². The summed E-state index contributed by atoms with van der Waals surface area (Å²) >= 11 is 0. The van der Waals surface area contributed by atoms with Crippen molar-refractivity contribution in [1.82, 2.24) is 9.80 Å².